The molecule has 0 bridgehead atoms. The van der Waals surface area contributed by atoms with Gasteiger partial charge in [-0.2, -0.15) is 4.98 Å². The van der Waals surface area contributed by atoms with Crippen molar-refractivity contribution in [2.75, 3.05) is 32.6 Å². The zero-order chi connectivity index (χ0) is 18.4. The number of benzene rings is 1. The highest BCUT2D eigenvalue weighted by Crippen LogP contribution is 2.20. The van der Waals surface area contributed by atoms with E-state index in [1.807, 2.05) is 18.2 Å². The van der Waals surface area contributed by atoms with Gasteiger partial charge in [0.1, 0.15) is 11.9 Å². The maximum Gasteiger partial charge on any atom is 0.321 e. The van der Waals surface area contributed by atoms with Gasteiger partial charge in [0.05, 0.1) is 14.2 Å². The molecule has 0 aliphatic carbocycles. The van der Waals surface area contributed by atoms with E-state index >= 15 is 0 Å². The van der Waals surface area contributed by atoms with Gasteiger partial charge < -0.3 is 24.4 Å². The van der Waals surface area contributed by atoms with Crippen molar-refractivity contribution in [1.82, 2.24) is 14.9 Å². The van der Waals surface area contributed by atoms with Gasteiger partial charge in [-0.25, -0.2) is 9.78 Å². The molecule has 0 radical (unpaired) electrons. The summed E-state index contributed by atoms with van der Waals surface area (Å²) in [6.45, 7) is 1.23. The van der Waals surface area contributed by atoms with Crippen LogP contribution < -0.4 is 19.5 Å². The van der Waals surface area contributed by atoms with Crippen LogP contribution in [0.3, 0.4) is 0 Å². The van der Waals surface area contributed by atoms with Crippen LogP contribution in [0.5, 0.6) is 17.6 Å². The van der Waals surface area contributed by atoms with Crippen LogP contribution in [0.15, 0.2) is 36.5 Å². The number of amides is 2. The van der Waals surface area contributed by atoms with Gasteiger partial charge in [0.25, 0.3) is 0 Å². The van der Waals surface area contributed by atoms with Crippen molar-refractivity contribution < 1.29 is 19.0 Å². The molecule has 1 aromatic carbocycles. The Kier molecular flexibility index (Phi) is 5.73. The zero-order valence-corrected chi connectivity index (χ0v) is 14.8. The average molecular weight is 358 g/mol. The fraction of sp³-hybridized carbons (Fsp3) is 0.389. The molecule has 1 saturated heterocycles. The summed E-state index contributed by atoms with van der Waals surface area (Å²) in [5.41, 5.74) is 0.709. The summed E-state index contributed by atoms with van der Waals surface area (Å²) in [5, 5.41) is 2.89. The number of ether oxygens (including phenoxy) is 3. The van der Waals surface area contributed by atoms with E-state index in [1.165, 1.54) is 7.11 Å². The Morgan fingerprint density at radius 2 is 2.00 bits per heavy atom. The lowest BCUT2D eigenvalue weighted by atomic mass is 10.1. The van der Waals surface area contributed by atoms with Gasteiger partial charge in [-0.05, 0) is 12.1 Å². The first-order valence-electron chi connectivity index (χ1n) is 8.41. The fourth-order valence-electron chi connectivity index (χ4n) is 2.74. The molecule has 8 heteroatoms. The molecule has 0 unspecified atom stereocenters. The largest absolute Gasteiger partial charge is 0.497 e. The Morgan fingerprint density at radius 1 is 1.19 bits per heavy atom. The van der Waals surface area contributed by atoms with E-state index in [0.717, 1.165) is 12.8 Å². The van der Waals surface area contributed by atoms with Gasteiger partial charge in [0, 0.05) is 49.9 Å². The SMILES string of the molecule is COc1cccc(NC(=O)N2CCC(Oc3ccnc(OC)n3)CC2)c1. The van der Waals surface area contributed by atoms with Crippen LogP contribution in [0.2, 0.25) is 0 Å². The van der Waals surface area contributed by atoms with Crippen molar-refractivity contribution in [2.24, 2.45) is 0 Å². The van der Waals surface area contributed by atoms with Crippen LogP contribution in [0, 0.1) is 0 Å². The zero-order valence-electron chi connectivity index (χ0n) is 14.8. The Bertz CT molecular complexity index is 747. The molecule has 26 heavy (non-hydrogen) atoms. The Hall–Kier alpha value is -3.03. The molecule has 138 valence electrons. The lowest BCUT2D eigenvalue weighted by Gasteiger charge is -2.31. The quantitative estimate of drug-likeness (QED) is 0.884. The molecule has 8 nitrogen and oxygen atoms in total. The van der Waals surface area contributed by atoms with E-state index in [9.17, 15) is 4.79 Å². The van der Waals surface area contributed by atoms with E-state index in [0.29, 0.717) is 30.4 Å². The highest BCUT2D eigenvalue weighted by atomic mass is 16.5. The van der Waals surface area contributed by atoms with Gasteiger partial charge in [-0.1, -0.05) is 6.07 Å². The summed E-state index contributed by atoms with van der Waals surface area (Å²) in [6.07, 6.45) is 3.07. The second kappa shape index (κ2) is 8.37. The standard InChI is InChI=1S/C18H22N4O4/c1-24-15-5-3-4-13(12-15)20-18(23)22-10-7-14(8-11-22)26-16-6-9-19-17(21-16)25-2/h3-6,9,12,14H,7-8,10-11H2,1-2H3,(H,20,23). The summed E-state index contributed by atoms with van der Waals surface area (Å²) >= 11 is 0. The molecular weight excluding hydrogens is 336 g/mol. The minimum absolute atomic E-state index is 0.00970. The van der Waals surface area contributed by atoms with Crippen LogP contribution in [0.25, 0.3) is 0 Å². The molecular formula is C18H22N4O4. The number of urea groups is 1. The molecule has 3 rings (SSSR count). The van der Waals surface area contributed by atoms with Crippen LogP contribution in [0.4, 0.5) is 10.5 Å². The molecule has 1 fully saturated rings. The van der Waals surface area contributed by atoms with Gasteiger partial charge >= 0.3 is 12.0 Å². The van der Waals surface area contributed by atoms with Crippen molar-refractivity contribution in [3.05, 3.63) is 36.5 Å². The number of nitrogens with one attached hydrogen (secondary N) is 1. The topological polar surface area (TPSA) is 85.8 Å². The Balaban J connectivity index is 1.50. The minimum Gasteiger partial charge on any atom is -0.497 e. The molecule has 0 saturated carbocycles. The molecule has 2 aromatic rings. The predicted molar refractivity (Wildman–Crippen MR) is 95.8 cm³/mol. The van der Waals surface area contributed by atoms with E-state index < -0.39 is 0 Å². The molecule has 1 aromatic heterocycles. The maximum absolute atomic E-state index is 12.4. The maximum atomic E-state index is 12.4. The number of methoxy groups -OCH3 is 2. The lowest BCUT2D eigenvalue weighted by Crippen LogP contribution is -2.43. The number of hydrogen-bond donors (Lipinski definition) is 1. The summed E-state index contributed by atoms with van der Waals surface area (Å²) in [6, 6.07) is 9.14. The molecule has 0 atom stereocenters. The second-order valence-electron chi connectivity index (χ2n) is 5.85. The first kappa shape index (κ1) is 17.8. The third-order valence-corrected chi connectivity index (χ3v) is 4.13. The number of hydrogen-bond acceptors (Lipinski definition) is 6. The summed E-state index contributed by atoms with van der Waals surface area (Å²) in [7, 11) is 3.11. The van der Waals surface area contributed by atoms with Crippen LogP contribution in [0.1, 0.15) is 12.8 Å². The Labute approximate surface area is 152 Å². The molecule has 2 heterocycles. The van der Waals surface area contributed by atoms with E-state index in [1.54, 1.807) is 30.3 Å². The lowest BCUT2D eigenvalue weighted by molar-refractivity contribution is 0.110. The van der Waals surface area contributed by atoms with E-state index in [-0.39, 0.29) is 18.1 Å². The predicted octanol–water partition coefficient (Wildman–Crippen LogP) is 2.57. The van der Waals surface area contributed by atoms with Gasteiger partial charge in [0.15, 0.2) is 0 Å². The van der Waals surface area contributed by atoms with Gasteiger partial charge in [0.2, 0.25) is 5.88 Å². The van der Waals surface area contributed by atoms with Crippen molar-refractivity contribution in [3.63, 3.8) is 0 Å². The van der Waals surface area contributed by atoms with Crippen molar-refractivity contribution in [3.8, 4) is 17.6 Å². The number of carbonyl (C=O) groups excluding carboxylic acids is 1. The normalized spacial score (nSPS) is 14.6. The highest BCUT2D eigenvalue weighted by molar-refractivity contribution is 5.89. The fourth-order valence-corrected chi connectivity index (χ4v) is 2.74. The van der Waals surface area contributed by atoms with Crippen molar-refractivity contribution in [1.29, 1.82) is 0 Å². The summed E-state index contributed by atoms with van der Waals surface area (Å²) in [5.74, 6) is 1.19. The number of carbonyl (C=O) groups is 1. The molecule has 1 aliphatic rings. The summed E-state index contributed by atoms with van der Waals surface area (Å²) < 4.78 is 16.0. The smallest absolute Gasteiger partial charge is 0.321 e. The van der Waals surface area contributed by atoms with Crippen molar-refractivity contribution >= 4 is 11.7 Å². The summed E-state index contributed by atoms with van der Waals surface area (Å²) in [4.78, 5) is 22.3. The van der Waals surface area contributed by atoms with E-state index in [2.05, 4.69) is 15.3 Å². The number of rotatable bonds is 5. The molecule has 0 spiro atoms. The minimum atomic E-state index is -0.125. The number of likely N-dealkylation sites (tertiary alicyclic amines) is 1. The first-order chi connectivity index (χ1) is 12.7. The molecule has 1 N–H and O–H groups in total. The third kappa shape index (κ3) is 4.53. The third-order valence-electron chi connectivity index (χ3n) is 4.13. The monoisotopic (exact) mass is 358 g/mol. The van der Waals surface area contributed by atoms with E-state index in [4.69, 9.17) is 14.2 Å². The van der Waals surface area contributed by atoms with Crippen LogP contribution in [-0.4, -0.2) is 54.3 Å². The highest BCUT2D eigenvalue weighted by Gasteiger charge is 2.24. The van der Waals surface area contributed by atoms with Crippen molar-refractivity contribution in [2.45, 2.75) is 18.9 Å². The van der Waals surface area contributed by atoms with Gasteiger partial charge in [-0.15, -0.1) is 0 Å². The number of piperidine rings is 1. The van der Waals surface area contributed by atoms with Crippen LogP contribution >= 0.6 is 0 Å². The number of nitrogens with zero attached hydrogens (tertiary/aromatic N) is 3. The van der Waals surface area contributed by atoms with Crippen LogP contribution in [-0.2, 0) is 0 Å². The van der Waals surface area contributed by atoms with Gasteiger partial charge in [-0.3, -0.25) is 0 Å². The average Bonchev–Trinajstić information content (AvgIpc) is 2.69. The number of aromatic nitrogens is 2. The first-order valence-corrected chi connectivity index (χ1v) is 8.41. The number of anilines is 1. The Morgan fingerprint density at radius 3 is 2.73 bits per heavy atom. The molecule has 2 amide bonds. The molecule has 1 aliphatic heterocycles. The second-order valence-corrected chi connectivity index (χ2v) is 5.85.